The maximum atomic E-state index is 13.9. The number of nitrogens with zero attached hydrogens (tertiary/aromatic N) is 3. The Kier molecular flexibility index (Phi) is 8.69. The Hall–Kier alpha value is -4.43. The Labute approximate surface area is 250 Å². The molecule has 2 fully saturated rings. The van der Waals surface area contributed by atoms with Crippen molar-refractivity contribution in [2.24, 2.45) is 17.6 Å². The summed E-state index contributed by atoms with van der Waals surface area (Å²) >= 11 is 0. The van der Waals surface area contributed by atoms with Gasteiger partial charge in [0.15, 0.2) is 5.96 Å². The summed E-state index contributed by atoms with van der Waals surface area (Å²) in [4.78, 5) is 35.3. The van der Waals surface area contributed by atoms with Crippen LogP contribution in [0.15, 0.2) is 54.7 Å². The van der Waals surface area contributed by atoms with Crippen molar-refractivity contribution in [3.63, 3.8) is 0 Å². The molecule has 0 aliphatic carbocycles. The summed E-state index contributed by atoms with van der Waals surface area (Å²) in [6.07, 6.45) is 4.62. The predicted molar refractivity (Wildman–Crippen MR) is 163 cm³/mol. The highest BCUT2D eigenvalue weighted by Gasteiger charge is 2.42. The molecule has 2 aliphatic heterocycles. The molecule has 2 aliphatic rings. The zero-order valence-electron chi connectivity index (χ0n) is 24.0. The van der Waals surface area contributed by atoms with Gasteiger partial charge in [0.2, 0.25) is 10.0 Å². The van der Waals surface area contributed by atoms with Crippen LogP contribution in [-0.4, -0.2) is 78.6 Å². The van der Waals surface area contributed by atoms with Crippen LogP contribution < -0.4 is 16.4 Å². The van der Waals surface area contributed by atoms with E-state index in [-0.39, 0.29) is 29.7 Å². The number of rotatable bonds is 7. The summed E-state index contributed by atoms with van der Waals surface area (Å²) in [6, 6.07) is 13.8. The number of carbonyl (C=O) groups excluding carboxylic acids is 2. The van der Waals surface area contributed by atoms with E-state index in [1.807, 2.05) is 17.0 Å². The van der Waals surface area contributed by atoms with Crippen molar-refractivity contribution in [2.75, 3.05) is 43.6 Å². The van der Waals surface area contributed by atoms with Gasteiger partial charge in [0, 0.05) is 36.6 Å². The fourth-order valence-electron chi connectivity index (χ4n) is 5.94. The minimum absolute atomic E-state index is 0.133. The Morgan fingerprint density at radius 1 is 1.02 bits per heavy atom. The van der Waals surface area contributed by atoms with Crippen LogP contribution >= 0.6 is 0 Å². The van der Waals surface area contributed by atoms with Gasteiger partial charge in [0.1, 0.15) is 5.82 Å². The normalized spacial score (nSPS) is 19.6. The third-order valence-electron chi connectivity index (χ3n) is 8.18. The zero-order chi connectivity index (χ0) is 30.7. The number of guanidine groups is 1. The Balaban J connectivity index is 1.37. The number of amides is 2. The number of hydrogen-bond acceptors (Lipinski definition) is 7. The molecule has 2 aromatic carbocycles. The second-order valence-electron chi connectivity index (χ2n) is 11.0. The second-order valence-corrected chi connectivity index (χ2v) is 12.9. The summed E-state index contributed by atoms with van der Waals surface area (Å²) in [7, 11) is -1.93. The number of hydrogen-bond donors (Lipinski definition) is 5. The van der Waals surface area contributed by atoms with Gasteiger partial charge >= 0.3 is 6.09 Å². The monoisotopic (exact) mass is 608 g/mol. The first kappa shape index (κ1) is 30.0. The van der Waals surface area contributed by atoms with Crippen molar-refractivity contribution in [1.82, 2.24) is 19.2 Å². The first-order valence-corrected chi connectivity index (χ1v) is 15.8. The molecule has 228 valence electrons. The summed E-state index contributed by atoms with van der Waals surface area (Å²) in [5.41, 5.74) is 8.78. The maximum Gasteiger partial charge on any atom is 0.411 e. The van der Waals surface area contributed by atoms with E-state index in [9.17, 15) is 18.0 Å². The van der Waals surface area contributed by atoms with E-state index in [2.05, 4.69) is 25.3 Å². The highest BCUT2D eigenvalue weighted by Crippen LogP contribution is 2.42. The lowest BCUT2D eigenvalue weighted by Crippen LogP contribution is -2.40. The van der Waals surface area contributed by atoms with E-state index in [1.54, 1.807) is 42.6 Å². The number of nitrogens with one attached hydrogen (secondary N) is 4. The highest BCUT2D eigenvalue weighted by atomic mass is 32.2. The molecule has 14 heteroatoms. The van der Waals surface area contributed by atoms with Crippen molar-refractivity contribution in [3.05, 3.63) is 66.1 Å². The summed E-state index contributed by atoms with van der Waals surface area (Å²) < 4.78 is 30.3. The number of benzene rings is 2. The summed E-state index contributed by atoms with van der Waals surface area (Å²) in [5, 5.41) is 12.8. The number of anilines is 2. The summed E-state index contributed by atoms with van der Waals surface area (Å²) in [6.45, 7) is 1.49. The number of H-pyrrole nitrogens is 1. The maximum absolute atomic E-state index is 13.9. The van der Waals surface area contributed by atoms with Gasteiger partial charge in [-0.2, -0.15) is 0 Å². The van der Waals surface area contributed by atoms with E-state index < -0.39 is 16.1 Å². The van der Waals surface area contributed by atoms with E-state index in [0.717, 1.165) is 24.1 Å². The van der Waals surface area contributed by atoms with Crippen LogP contribution in [0.25, 0.3) is 11.3 Å². The second kappa shape index (κ2) is 12.4. The number of ether oxygens (including phenoxy) is 1. The lowest BCUT2D eigenvalue weighted by atomic mass is 9.83. The largest absolute Gasteiger partial charge is 0.453 e. The molecule has 1 aromatic heterocycles. The van der Waals surface area contributed by atoms with Crippen LogP contribution in [-0.2, 0) is 14.8 Å². The molecule has 0 unspecified atom stereocenters. The number of carbonyl (C=O) groups is 2. The number of aromatic nitrogens is 2. The van der Waals surface area contributed by atoms with Crippen molar-refractivity contribution in [2.45, 2.75) is 25.3 Å². The topological polar surface area (TPSA) is 187 Å². The third-order valence-corrected chi connectivity index (χ3v) is 9.48. The van der Waals surface area contributed by atoms with Gasteiger partial charge in [-0.05, 0) is 73.1 Å². The van der Waals surface area contributed by atoms with Crippen LogP contribution in [0.5, 0.6) is 0 Å². The van der Waals surface area contributed by atoms with Crippen LogP contribution in [0, 0.1) is 17.2 Å². The molecular weight excluding hydrogens is 572 g/mol. The van der Waals surface area contributed by atoms with Crippen molar-refractivity contribution >= 4 is 39.4 Å². The lowest BCUT2D eigenvalue weighted by molar-refractivity contribution is 0.0720. The summed E-state index contributed by atoms with van der Waals surface area (Å²) in [5.74, 6) is 0.820. The number of nitrogens with two attached hydrogens (primary N) is 1. The minimum atomic E-state index is -3.23. The molecule has 0 spiro atoms. The zero-order valence-corrected chi connectivity index (χ0v) is 24.9. The molecule has 5 rings (SSSR count). The van der Waals surface area contributed by atoms with Crippen molar-refractivity contribution in [1.29, 1.82) is 5.41 Å². The van der Waals surface area contributed by atoms with Gasteiger partial charge < -0.3 is 25.7 Å². The molecular formula is C29H36N8O5S. The fourth-order valence-corrected chi connectivity index (χ4v) is 6.82. The van der Waals surface area contributed by atoms with E-state index in [4.69, 9.17) is 11.1 Å². The van der Waals surface area contributed by atoms with E-state index in [0.29, 0.717) is 48.8 Å². The van der Waals surface area contributed by atoms with Gasteiger partial charge in [0.25, 0.3) is 5.91 Å². The van der Waals surface area contributed by atoms with Gasteiger partial charge in [-0.1, -0.05) is 12.1 Å². The average Bonchev–Trinajstić information content (AvgIpc) is 3.65. The molecule has 13 nitrogen and oxygen atoms in total. The number of sulfonamides is 1. The van der Waals surface area contributed by atoms with Crippen LogP contribution in [0.4, 0.5) is 16.2 Å². The number of piperidine rings is 1. The number of methoxy groups -OCH3 is 1. The molecule has 0 saturated carbocycles. The van der Waals surface area contributed by atoms with Gasteiger partial charge in [-0.3, -0.25) is 15.5 Å². The Bertz CT molecular complexity index is 1580. The smallest absolute Gasteiger partial charge is 0.411 e. The van der Waals surface area contributed by atoms with Crippen LogP contribution in [0.2, 0.25) is 0 Å². The highest BCUT2D eigenvalue weighted by molar-refractivity contribution is 7.88. The van der Waals surface area contributed by atoms with Crippen LogP contribution in [0.3, 0.4) is 0 Å². The fraction of sp³-hybridized carbons (Fsp3) is 0.379. The molecule has 3 aromatic rings. The average molecular weight is 609 g/mol. The predicted octanol–water partition coefficient (Wildman–Crippen LogP) is 3.44. The molecule has 2 saturated heterocycles. The van der Waals surface area contributed by atoms with Crippen molar-refractivity contribution < 1.29 is 22.7 Å². The number of likely N-dealkylation sites (tertiary alicyclic amines) is 1. The standard InChI is InChI=1S/C29H36N8O5S/c1-42-29(39)34-23-7-3-19(4-8-23)24-16-32-26(35-24)25-15-21(18-11-13-36(14-12-18)43(2,40)41)17-37(25)27(38)20-5-9-22(10-6-20)33-28(30)31/h3-10,16,18,21,25H,11-15,17H2,1-2H3,(H,32,35)(H,34,39)(H4,30,31,33)/t21-,25+/m1/s1. The van der Waals surface area contributed by atoms with Gasteiger partial charge in [-0.15, -0.1) is 0 Å². The third kappa shape index (κ3) is 6.97. The van der Waals surface area contributed by atoms with Gasteiger partial charge in [-0.25, -0.2) is 22.5 Å². The van der Waals surface area contributed by atoms with E-state index in [1.165, 1.54) is 17.7 Å². The molecule has 3 heterocycles. The van der Waals surface area contributed by atoms with Crippen LogP contribution in [0.1, 0.15) is 41.5 Å². The first-order chi connectivity index (χ1) is 20.5. The van der Waals surface area contributed by atoms with Gasteiger partial charge in [0.05, 0.1) is 31.3 Å². The molecule has 43 heavy (non-hydrogen) atoms. The Morgan fingerprint density at radius 3 is 2.26 bits per heavy atom. The molecule has 0 radical (unpaired) electrons. The lowest BCUT2D eigenvalue weighted by Gasteiger charge is -2.33. The molecule has 2 amide bonds. The number of imidazole rings is 1. The van der Waals surface area contributed by atoms with E-state index >= 15 is 0 Å². The van der Waals surface area contributed by atoms with Crippen molar-refractivity contribution in [3.8, 4) is 11.3 Å². The number of aromatic amines is 1. The SMILES string of the molecule is COC(=O)Nc1ccc(-c2cnc([C@@H]3C[C@@H](C4CCN(S(C)(=O)=O)CC4)CN3C(=O)c3ccc(NC(=N)N)cc3)[nH]2)cc1. The molecule has 2 atom stereocenters. The minimum Gasteiger partial charge on any atom is -0.453 e. The molecule has 6 N–H and O–H groups in total. The molecule has 0 bridgehead atoms. The quantitative estimate of drug-likeness (QED) is 0.199. The first-order valence-electron chi connectivity index (χ1n) is 14.0. The Morgan fingerprint density at radius 2 is 1.65 bits per heavy atom.